The van der Waals surface area contributed by atoms with Crippen LogP contribution in [0.4, 0.5) is 11.4 Å². The van der Waals surface area contributed by atoms with E-state index in [0.29, 0.717) is 80.1 Å². The highest BCUT2D eigenvalue weighted by Crippen LogP contribution is 2.35. The van der Waals surface area contributed by atoms with Gasteiger partial charge in [0.15, 0.2) is 0 Å². The van der Waals surface area contributed by atoms with Crippen LogP contribution >= 0.6 is 0 Å². The minimum Gasteiger partial charge on any atom is -0.494 e. The Kier molecular flexibility index (Phi) is 8.14. The van der Waals surface area contributed by atoms with Crippen LogP contribution in [0.5, 0.6) is 11.5 Å². The number of nitrogens with zero attached hydrogens (tertiary/aromatic N) is 2. The monoisotopic (exact) mass is 582 g/mol. The Hall–Kier alpha value is -5.76. The number of para-hydroxylation sites is 2. The van der Waals surface area contributed by atoms with Crippen molar-refractivity contribution in [3.05, 3.63) is 121 Å². The van der Waals surface area contributed by atoms with Gasteiger partial charge in [-0.3, -0.25) is 19.6 Å². The first-order chi connectivity index (χ1) is 21.6. The fourth-order valence-corrected chi connectivity index (χ4v) is 5.17. The number of hydrogen-bond acceptors (Lipinski definition) is 6. The Morgan fingerprint density at radius 1 is 0.568 bits per heavy atom. The van der Waals surface area contributed by atoms with Crippen LogP contribution in [0, 0.1) is 0 Å². The number of hydrogen-bond donors (Lipinski definition) is 2. The molecule has 0 radical (unpaired) electrons. The van der Waals surface area contributed by atoms with Crippen molar-refractivity contribution >= 4 is 45.0 Å². The molecular weight excluding hydrogens is 552 g/mol. The molecule has 8 nitrogen and oxygen atoms in total. The van der Waals surface area contributed by atoms with Gasteiger partial charge in [0.2, 0.25) is 0 Å². The first kappa shape index (κ1) is 28.4. The number of carbonyl (C=O) groups excluding carboxylic acids is 2. The van der Waals surface area contributed by atoms with Gasteiger partial charge in [-0.25, -0.2) is 0 Å². The number of amides is 2. The van der Waals surface area contributed by atoms with E-state index < -0.39 is 0 Å². The molecule has 6 rings (SSSR count). The van der Waals surface area contributed by atoms with E-state index in [1.807, 2.05) is 62.4 Å². The highest BCUT2D eigenvalue weighted by molar-refractivity contribution is 6.21. The summed E-state index contributed by atoms with van der Waals surface area (Å²) < 4.78 is 11.1. The summed E-state index contributed by atoms with van der Waals surface area (Å²) in [6.45, 7) is 4.93. The minimum absolute atomic E-state index is 0.339. The van der Waals surface area contributed by atoms with Crippen molar-refractivity contribution in [3.63, 3.8) is 0 Å². The van der Waals surface area contributed by atoms with Crippen molar-refractivity contribution in [3.8, 4) is 22.6 Å². The summed E-state index contributed by atoms with van der Waals surface area (Å²) in [5.41, 5.74) is 4.27. The maximum Gasteiger partial charge on any atom is 0.257 e. The molecule has 0 aliphatic carbocycles. The second kappa shape index (κ2) is 12.6. The maximum absolute atomic E-state index is 14.1. The van der Waals surface area contributed by atoms with Crippen LogP contribution in [0.3, 0.4) is 0 Å². The number of pyridine rings is 2. The minimum atomic E-state index is -0.339. The quantitative estimate of drug-likeness (QED) is 0.181. The van der Waals surface area contributed by atoms with E-state index in [-0.39, 0.29) is 11.8 Å². The molecule has 6 aromatic rings. The Balaban J connectivity index is 1.47. The predicted octanol–water partition coefficient (Wildman–Crippen LogP) is 7.75. The zero-order valence-corrected chi connectivity index (χ0v) is 24.3. The molecule has 0 fully saturated rings. The SMILES string of the molecule is CCOc1ccc(NC(=O)c2c(-c3cnc4ccccc4c3C(=O)Nc3ccc(OCC)cc3)cnc3ccccc23)cc1. The van der Waals surface area contributed by atoms with Crippen LogP contribution in [-0.2, 0) is 0 Å². The molecule has 2 aromatic heterocycles. The molecule has 0 saturated heterocycles. The number of rotatable bonds is 9. The van der Waals surface area contributed by atoms with E-state index in [4.69, 9.17) is 9.47 Å². The average molecular weight is 583 g/mol. The second-order valence-electron chi connectivity index (χ2n) is 9.95. The summed E-state index contributed by atoms with van der Waals surface area (Å²) in [5, 5.41) is 7.34. The Bertz CT molecular complexity index is 1830. The molecule has 0 saturated carbocycles. The van der Waals surface area contributed by atoms with Gasteiger partial charge in [-0.05, 0) is 74.5 Å². The third kappa shape index (κ3) is 5.78. The molecule has 0 bridgehead atoms. The van der Waals surface area contributed by atoms with Gasteiger partial charge in [-0.1, -0.05) is 36.4 Å². The van der Waals surface area contributed by atoms with E-state index in [0.717, 1.165) is 0 Å². The molecule has 0 aliphatic heterocycles. The van der Waals surface area contributed by atoms with Gasteiger partial charge in [0, 0.05) is 45.7 Å². The lowest BCUT2D eigenvalue weighted by Crippen LogP contribution is -2.17. The lowest BCUT2D eigenvalue weighted by Gasteiger charge is -2.17. The third-order valence-corrected chi connectivity index (χ3v) is 7.14. The van der Waals surface area contributed by atoms with Gasteiger partial charge in [0.05, 0.1) is 35.4 Å². The molecule has 218 valence electrons. The smallest absolute Gasteiger partial charge is 0.257 e. The fourth-order valence-electron chi connectivity index (χ4n) is 5.17. The van der Waals surface area contributed by atoms with Gasteiger partial charge in [0.1, 0.15) is 11.5 Å². The average Bonchev–Trinajstić information content (AvgIpc) is 3.05. The van der Waals surface area contributed by atoms with Crippen molar-refractivity contribution in [2.24, 2.45) is 0 Å². The number of fused-ring (bicyclic) bond motifs is 2. The standard InChI is InChI=1S/C36H30N4O4/c1-3-43-25-17-13-23(14-18-25)39-35(41)33-27-9-5-7-11-31(27)37-21-29(33)30-22-38-32-12-8-6-10-28(32)34(30)36(42)40-24-15-19-26(20-16-24)44-4-2/h5-22H,3-4H2,1-2H3,(H,39,41)(H,40,42). The highest BCUT2D eigenvalue weighted by atomic mass is 16.5. The van der Waals surface area contributed by atoms with Crippen molar-refractivity contribution in [1.29, 1.82) is 0 Å². The summed E-state index contributed by atoms with van der Waals surface area (Å²) in [5.74, 6) is 0.750. The molecule has 8 heteroatoms. The van der Waals surface area contributed by atoms with Crippen molar-refractivity contribution < 1.29 is 19.1 Å². The van der Waals surface area contributed by atoms with Crippen LogP contribution in [-0.4, -0.2) is 35.0 Å². The van der Waals surface area contributed by atoms with Crippen molar-refractivity contribution in [1.82, 2.24) is 9.97 Å². The summed E-state index contributed by atoms with van der Waals surface area (Å²) in [6.07, 6.45) is 3.27. The van der Waals surface area contributed by atoms with Crippen molar-refractivity contribution in [2.45, 2.75) is 13.8 Å². The topological polar surface area (TPSA) is 102 Å². The van der Waals surface area contributed by atoms with Crippen LogP contribution in [0.1, 0.15) is 34.6 Å². The van der Waals surface area contributed by atoms with Gasteiger partial charge in [-0.15, -0.1) is 0 Å². The highest BCUT2D eigenvalue weighted by Gasteiger charge is 2.24. The summed E-state index contributed by atoms with van der Waals surface area (Å²) in [6, 6.07) is 29.3. The molecule has 0 atom stereocenters. The molecule has 44 heavy (non-hydrogen) atoms. The number of carbonyl (C=O) groups is 2. The van der Waals surface area contributed by atoms with E-state index in [9.17, 15) is 9.59 Å². The zero-order chi connectivity index (χ0) is 30.5. The molecule has 2 amide bonds. The number of anilines is 2. The summed E-state index contributed by atoms with van der Waals surface area (Å²) >= 11 is 0. The molecule has 2 heterocycles. The van der Waals surface area contributed by atoms with E-state index in [1.54, 1.807) is 60.9 Å². The molecular formula is C36H30N4O4. The van der Waals surface area contributed by atoms with Crippen LogP contribution in [0.25, 0.3) is 32.9 Å². The van der Waals surface area contributed by atoms with Gasteiger partial charge < -0.3 is 20.1 Å². The number of ether oxygens (including phenoxy) is 2. The predicted molar refractivity (Wildman–Crippen MR) is 174 cm³/mol. The van der Waals surface area contributed by atoms with Gasteiger partial charge in [0.25, 0.3) is 11.8 Å². The molecule has 0 aliphatic rings. The van der Waals surface area contributed by atoms with E-state index in [1.165, 1.54) is 0 Å². The fraction of sp³-hybridized carbons (Fsp3) is 0.111. The first-order valence-corrected chi connectivity index (χ1v) is 14.4. The lowest BCUT2D eigenvalue weighted by atomic mass is 9.92. The van der Waals surface area contributed by atoms with Crippen LogP contribution in [0.2, 0.25) is 0 Å². The zero-order valence-electron chi connectivity index (χ0n) is 24.3. The first-order valence-electron chi connectivity index (χ1n) is 14.4. The van der Waals surface area contributed by atoms with Gasteiger partial charge >= 0.3 is 0 Å². The number of aromatic nitrogens is 2. The largest absolute Gasteiger partial charge is 0.494 e. The maximum atomic E-state index is 14.1. The summed E-state index contributed by atoms with van der Waals surface area (Å²) in [7, 11) is 0. The van der Waals surface area contributed by atoms with Gasteiger partial charge in [-0.2, -0.15) is 0 Å². The molecule has 4 aromatic carbocycles. The van der Waals surface area contributed by atoms with Crippen molar-refractivity contribution in [2.75, 3.05) is 23.8 Å². The van der Waals surface area contributed by atoms with E-state index in [2.05, 4.69) is 20.6 Å². The molecule has 0 spiro atoms. The van der Waals surface area contributed by atoms with Crippen LogP contribution in [0.15, 0.2) is 109 Å². The Morgan fingerprint density at radius 3 is 1.34 bits per heavy atom. The molecule has 2 N–H and O–H groups in total. The van der Waals surface area contributed by atoms with E-state index >= 15 is 0 Å². The molecule has 0 unspecified atom stereocenters. The second-order valence-corrected chi connectivity index (χ2v) is 9.95. The van der Waals surface area contributed by atoms with Crippen LogP contribution < -0.4 is 20.1 Å². The Morgan fingerprint density at radius 2 is 0.955 bits per heavy atom. The lowest BCUT2D eigenvalue weighted by molar-refractivity contribution is 0.101. The number of nitrogens with one attached hydrogen (secondary N) is 2. The summed E-state index contributed by atoms with van der Waals surface area (Å²) in [4.78, 5) is 37.4. The number of benzene rings is 4. The Labute approximate surface area is 254 Å². The normalized spacial score (nSPS) is 10.9. The third-order valence-electron chi connectivity index (χ3n) is 7.14.